The Kier molecular flexibility index (Phi) is 5.55. The summed E-state index contributed by atoms with van der Waals surface area (Å²) in [4.78, 5) is 37.8. The van der Waals surface area contributed by atoms with Crippen molar-refractivity contribution in [2.75, 3.05) is 19.7 Å². The molecule has 7 heteroatoms. The topological polar surface area (TPSA) is 81.8 Å². The highest BCUT2D eigenvalue weighted by Gasteiger charge is 2.29. The van der Waals surface area contributed by atoms with Crippen LogP contribution in [-0.4, -0.2) is 41.0 Å². The van der Waals surface area contributed by atoms with E-state index in [4.69, 9.17) is 9.15 Å². The third-order valence-corrected chi connectivity index (χ3v) is 4.50. The van der Waals surface area contributed by atoms with Gasteiger partial charge in [0.15, 0.2) is 5.76 Å². The number of furan rings is 1. The Bertz CT molecular complexity index is 830. The predicted octanol–water partition coefficient (Wildman–Crippen LogP) is 1.90. The fourth-order valence-electron chi connectivity index (χ4n) is 3.07. The molecule has 0 bridgehead atoms. The summed E-state index contributed by atoms with van der Waals surface area (Å²) in [6.45, 7) is 3.43. The van der Waals surface area contributed by atoms with E-state index in [0.717, 1.165) is 0 Å². The number of hydrogen-bond donors (Lipinski definition) is 0. The fraction of sp³-hybridized carbons (Fsp3) is 0.421. The summed E-state index contributed by atoms with van der Waals surface area (Å²) < 4.78 is 12.2. The van der Waals surface area contributed by atoms with Crippen LogP contribution in [0, 0.1) is 5.92 Å². The molecule has 0 N–H and O–H groups in total. The Hall–Kier alpha value is -2.83. The summed E-state index contributed by atoms with van der Waals surface area (Å²) in [5, 5.41) is 0. The normalized spacial score (nSPS) is 15.0. The van der Waals surface area contributed by atoms with Gasteiger partial charge in [-0.05, 0) is 38.0 Å². The van der Waals surface area contributed by atoms with Gasteiger partial charge >= 0.3 is 5.97 Å². The van der Waals surface area contributed by atoms with Crippen LogP contribution in [-0.2, 0) is 16.1 Å². The Morgan fingerprint density at radius 2 is 1.96 bits per heavy atom. The van der Waals surface area contributed by atoms with Gasteiger partial charge in [0.2, 0.25) is 0 Å². The molecule has 7 nitrogen and oxygen atoms in total. The molecule has 0 saturated carbocycles. The SMILES string of the molecule is CCOC(=O)C1CCN(C(=O)c2ccc(Cn3ccccc3=O)o2)CC1. The zero-order valence-corrected chi connectivity index (χ0v) is 14.7. The molecule has 3 heterocycles. The average molecular weight is 358 g/mol. The van der Waals surface area contributed by atoms with Crippen molar-refractivity contribution in [2.24, 2.45) is 5.92 Å². The van der Waals surface area contributed by atoms with Gasteiger partial charge in [-0.2, -0.15) is 0 Å². The number of aromatic nitrogens is 1. The molecule has 0 aromatic carbocycles. The molecule has 0 unspecified atom stereocenters. The van der Waals surface area contributed by atoms with Gasteiger partial charge in [0.05, 0.1) is 19.1 Å². The van der Waals surface area contributed by atoms with Crippen LogP contribution in [0.4, 0.5) is 0 Å². The largest absolute Gasteiger partial charge is 0.466 e. The Morgan fingerprint density at radius 3 is 2.65 bits per heavy atom. The molecule has 0 atom stereocenters. The van der Waals surface area contributed by atoms with E-state index < -0.39 is 0 Å². The lowest BCUT2D eigenvalue weighted by atomic mass is 9.97. The maximum absolute atomic E-state index is 12.6. The van der Waals surface area contributed by atoms with E-state index in [9.17, 15) is 14.4 Å². The van der Waals surface area contributed by atoms with Crippen LogP contribution < -0.4 is 5.56 Å². The predicted molar refractivity (Wildman–Crippen MR) is 93.8 cm³/mol. The number of pyridine rings is 1. The van der Waals surface area contributed by atoms with Gasteiger partial charge in [-0.3, -0.25) is 14.4 Å². The number of ether oxygens (including phenoxy) is 1. The van der Waals surface area contributed by atoms with Gasteiger partial charge in [0.25, 0.3) is 11.5 Å². The van der Waals surface area contributed by atoms with E-state index in [1.165, 1.54) is 10.6 Å². The maximum atomic E-state index is 12.6. The molecular weight excluding hydrogens is 336 g/mol. The first-order valence-electron chi connectivity index (χ1n) is 8.78. The fourth-order valence-corrected chi connectivity index (χ4v) is 3.07. The second-order valence-electron chi connectivity index (χ2n) is 6.25. The molecule has 0 spiro atoms. The highest BCUT2D eigenvalue weighted by atomic mass is 16.5. The molecule has 0 aliphatic carbocycles. The Labute approximate surface area is 151 Å². The third kappa shape index (κ3) is 4.04. The Balaban J connectivity index is 1.60. The number of piperidine rings is 1. The van der Waals surface area contributed by atoms with Gasteiger partial charge in [0.1, 0.15) is 5.76 Å². The zero-order chi connectivity index (χ0) is 18.5. The van der Waals surface area contributed by atoms with Crippen LogP contribution in [0.25, 0.3) is 0 Å². The lowest BCUT2D eigenvalue weighted by molar-refractivity contribution is -0.149. The average Bonchev–Trinajstić information content (AvgIpc) is 3.12. The van der Waals surface area contributed by atoms with Crippen LogP contribution in [0.3, 0.4) is 0 Å². The summed E-state index contributed by atoms with van der Waals surface area (Å²) in [5.74, 6) is 0.268. The number of esters is 1. The molecule has 26 heavy (non-hydrogen) atoms. The van der Waals surface area contributed by atoms with Crippen molar-refractivity contribution in [1.29, 1.82) is 0 Å². The lowest BCUT2D eigenvalue weighted by Crippen LogP contribution is -2.40. The zero-order valence-electron chi connectivity index (χ0n) is 14.7. The van der Waals surface area contributed by atoms with Gasteiger partial charge in [-0.15, -0.1) is 0 Å². The first kappa shape index (κ1) is 18.0. The van der Waals surface area contributed by atoms with Crippen molar-refractivity contribution in [3.63, 3.8) is 0 Å². The number of rotatable bonds is 5. The van der Waals surface area contributed by atoms with Crippen LogP contribution in [0.2, 0.25) is 0 Å². The van der Waals surface area contributed by atoms with Crippen molar-refractivity contribution < 1.29 is 18.7 Å². The minimum Gasteiger partial charge on any atom is -0.466 e. The van der Waals surface area contributed by atoms with Crippen molar-refractivity contribution in [3.8, 4) is 0 Å². The van der Waals surface area contributed by atoms with E-state index in [1.54, 1.807) is 42.3 Å². The number of hydrogen-bond acceptors (Lipinski definition) is 5. The van der Waals surface area contributed by atoms with E-state index in [0.29, 0.717) is 38.3 Å². The molecule has 1 aliphatic heterocycles. The molecule has 3 rings (SSSR count). The first-order valence-corrected chi connectivity index (χ1v) is 8.78. The second kappa shape index (κ2) is 8.03. The minimum atomic E-state index is -0.195. The second-order valence-corrected chi connectivity index (χ2v) is 6.25. The van der Waals surface area contributed by atoms with Gasteiger partial charge in [0, 0.05) is 25.4 Å². The van der Waals surface area contributed by atoms with Crippen LogP contribution >= 0.6 is 0 Å². The monoisotopic (exact) mass is 358 g/mol. The molecule has 0 radical (unpaired) electrons. The number of carbonyl (C=O) groups excluding carboxylic acids is 2. The molecule has 1 saturated heterocycles. The van der Waals surface area contributed by atoms with E-state index >= 15 is 0 Å². The van der Waals surface area contributed by atoms with Crippen molar-refractivity contribution >= 4 is 11.9 Å². The molecule has 1 aliphatic rings. The summed E-state index contributed by atoms with van der Waals surface area (Å²) in [6, 6.07) is 8.25. The smallest absolute Gasteiger partial charge is 0.309 e. The molecule has 2 aromatic heterocycles. The van der Waals surface area contributed by atoms with Crippen molar-refractivity contribution in [3.05, 3.63) is 58.4 Å². The van der Waals surface area contributed by atoms with Gasteiger partial charge in [-0.25, -0.2) is 0 Å². The third-order valence-electron chi connectivity index (χ3n) is 4.50. The van der Waals surface area contributed by atoms with E-state index in [2.05, 4.69) is 0 Å². The van der Waals surface area contributed by atoms with Crippen molar-refractivity contribution in [1.82, 2.24) is 9.47 Å². The summed E-state index contributed by atoms with van der Waals surface area (Å²) in [5.41, 5.74) is -0.127. The molecular formula is C19H22N2O5. The van der Waals surface area contributed by atoms with Crippen molar-refractivity contribution in [2.45, 2.75) is 26.3 Å². The molecule has 1 amide bonds. The molecule has 1 fully saturated rings. The molecule has 138 valence electrons. The highest BCUT2D eigenvalue weighted by Crippen LogP contribution is 2.21. The maximum Gasteiger partial charge on any atom is 0.309 e. The first-order chi connectivity index (χ1) is 12.6. The number of nitrogens with zero attached hydrogens (tertiary/aromatic N) is 2. The van der Waals surface area contributed by atoms with Crippen LogP contribution in [0.15, 0.2) is 45.7 Å². The van der Waals surface area contributed by atoms with E-state index in [-0.39, 0.29) is 35.7 Å². The minimum absolute atomic E-state index is 0.127. The number of carbonyl (C=O) groups is 2. The standard InChI is InChI=1S/C19H22N2O5/c1-2-25-19(24)14-8-11-20(12-9-14)18(23)16-7-6-15(26-16)13-21-10-4-3-5-17(21)22/h3-7,10,14H,2,8-9,11-13H2,1H3. The van der Waals surface area contributed by atoms with Crippen LogP contribution in [0.5, 0.6) is 0 Å². The summed E-state index contributed by atoms with van der Waals surface area (Å²) in [6.07, 6.45) is 2.86. The van der Waals surface area contributed by atoms with Gasteiger partial charge < -0.3 is 18.6 Å². The lowest BCUT2D eigenvalue weighted by Gasteiger charge is -2.30. The van der Waals surface area contributed by atoms with Crippen LogP contribution in [0.1, 0.15) is 36.1 Å². The molecule has 2 aromatic rings. The highest BCUT2D eigenvalue weighted by molar-refractivity contribution is 5.91. The number of likely N-dealkylation sites (tertiary alicyclic amines) is 1. The number of amides is 1. The van der Waals surface area contributed by atoms with Gasteiger partial charge in [-0.1, -0.05) is 6.07 Å². The summed E-state index contributed by atoms with van der Waals surface area (Å²) >= 11 is 0. The van der Waals surface area contributed by atoms with E-state index in [1.807, 2.05) is 0 Å². The quantitative estimate of drug-likeness (QED) is 0.763. The Morgan fingerprint density at radius 1 is 1.19 bits per heavy atom. The summed E-state index contributed by atoms with van der Waals surface area (Å²) in [7, 11) is 0.